The fraction of sp³-hybridized carbons (Fsp3) is 0.481. The van der Waals surface area contributed by atoms with Gasteiger partial charge in [0.1, 0.15) is 11.8 Å². The zero-order valence-electron chi connectivity index (χ0n) is 19.8. The highest BCUT2D eigenvalue weighted by Crippen LogP contribution is 2.19. The van der Waals surface area contributed by atoms with Crippen LogP contribution >= 0.6 is 0 Å². The number of ether oxygens (including phenoxy) is 1. The van der Waals surface area contributed by atoms with E-state index in [0.29, 0.717) is 12.3 Å². The summed E-state index contributed by atoms with van der Waals surface area (Å²) in [5.41, 5.74) is 4.30. The lowest BCUT2D eigenvalue weighted by atomic mass is 9.95. The molecule has 5 nitrogen and oxygen atoms in total. The van der Waals surface area contributed by atoms with Gasteiger partial charge in [0.25, 0.3) is 5.91 Å². The molecule has 5 heteroatoms. The normalized spacial score (nSPS) is 15.1. The Morgan fingerprint density at radius 1 is 1.00 bits per heavy atom. The zero-order valence-corrected chi connectivity index (χ0v) is 19.8. The minimum Gasteiger partial charge on any atom is -0.484 e. The molecule has 3 rings (SSSR count). The fourth-order valence-electron chi connectivity index (χ4n) is 4.40. The van der Waals surface area contributed by atoms with Crippen molar-refractivity contribution in [1.29, 1.82) is 0 Å². The monoisotopic (exact) mass is 436 g/mol. The first-order valence-corrected chi connectivity index (χ1v) is 11.7. The number of hydrogen-bond acceptors (Lipinski definition) is 3. The summed E-state index contributed by atoms with van der Waals surface area (Å²) in [4.78, 5) is 27.9. The van der Waals surface area contributed by atoms with Crippen molar-refractivity contribution in [2.45, 2.75) is 78.4 Å². The molecule has 1 fully saturated rings. The largest absolute Gasteiger partial charge is 0.484 e. The van der Waals surface area contributed by atoms with Crippen LogP contribution in [0.2, 0.25) is 0 Å². The van der Waals surface area contributed by atoms with Crippen LogP contribution in [0.25, 0.3) is 0 Å². The van der Waals surface area contributed by atoms with Crippen LogP contribution in [0.3, 0.4) is 0 Å². The van der Waals surface area contributed by atoms with E-state index in [2.05, 4.69) is 17.4 Å². The molecular weight excluding hydrogens is 400 g/mol. The van der Waals surface area contributed by atoms with Crippen molar-refractivity contribution in [2.24, 2.45) is 0 Å². The van der Waals surface area contributed by atoms with Crippen molar-refractivity contribution in [3.63, 3.8) is 0 Å². The van der Waals surface area contributed by atoms with Gasteiger partial charge in [0.05, 0.1) is 0 Å². The topological polar surface area (TPSA) is 58.6 Å². The predicted octanol–water partition coefficient (Wildman–Crippen LogP) is 4.86. The molecule has 0 radical (unpaired) electrons. The Labute approximate surface area is 192 Å². The number of carbonyl (C=O) groups excluding carboxylic acids is 2. The van der Waals surface area contributed by atoms with E-state index in [4.69, 9.17) is 4.74 Å². The SMILES string of the molecule is Cc1cccc(CN(C(=O)COc2cc(C)cc(C)c2)[C@@H](C)C(=O)NC2CCCCC2)c1. The quantitative estimate of drug-likeness (QED) is 0.643. The average molecular weight is 437 g/mol. The average Bonchev–Trinajstić information content (AvgIpc) is 2.75. The van der Waals surface area contributed by atoms with Gasteiger partial charge < -0.3 is 15.0 Å². The Hall–Kier alpha value is -2.82. The third-order valence-electron chi connectivity index (χ3n) is 6.11. The van der Waals surface area contributed by atoms with Crippen LogP contribution < -0.4 is 10.1 Å². The molecule has 0 heterocycles. The summed E-state index contributed by atoms with van der Waals surface area (Å²) >= 11 is 0. The lowest BCUT2D eigenvalue weighted by molar-refractivity contribution is -0.142. The maximum Gasteiger partial charge on any atom is 0.261 e. The minimum atomic E-state index is -0.576. The van der Waals surface area contributed by atoms with E-state index in [1.54, 1.807) is 4.90 Å². The van der Waals surface area contributed by atoms with E-state index < -0.39 is 6.04 Å². The maximum absolute atomic E-state index is 13.2. The third kappa shape index (κ3) is 6.84. The lowest BCUT2D eigenvalue weighted by Crippen LogP contribution is -2.51. The lowest BCUT2D eigenvalue weighted by Gasteiger charge is -2.31. The number of nitrogens with one attached hydrogen (secondary N) is 1. The molecule has 172 valence electrons. The highest BCUT2D eigenvalue weighted by Gasteiger charge is 2.28. The third-order valence-corrected chi connectivity index (χ3v) is 6.11. The molecule has 0 bridgehead atoms. The number of nitrogens with zero attached hydrogens (tertiary/aromatic N) is 1. The van der Waals surface area contributed by atoms with Crippen molar-refractivity contribution in [2.75, 3.05) is 6.61 Å². The van der Waals surface area contributed by atoms with E-state index in [1.165, 1.54) is 6.42 Å². The van der Waals surface area contributed by atoms with Crippen LogP contribution in [-0.4, -0.2) is 35.4 Å². The van der Waals surface area contributed by atoms with Crippen LogP contribution in [-0.2, 0) is 16.1 Å². The number of carbonyl (C=O) groups is 2. The van der Waals surface area contributed by atoms with Gasteiger partial charge in [0.2, 0.25) is 5.91 Å². The van der Waals surface area contributed by atoms with E-state index in [0.717, 1.165) is 47.9 Å². The molecular formula is C27H36N2O3. The van der Waals surface area contributed by atoms with Gasteiger partial charge in [-0.2, -0.15) is 0 Å². The van der Waals surface area contributed by atoms with Crippen molar-refractivity contribution < 1.29 is 14.3 Å². The second kappa shape index (κ2) is 11.2. The molecule has 2 aromatic rings. The van der Waals surface area contributed by atoms with Gasteiger partial charge in [-0.15, -0.1) is 0 Å². The number of benzene rings is 2. The molecule has 32 heavy (non-hydrogen) atoms. The molecule has 0 spiro atoms. The van der Waals surface area contributed by atoms with Gasteiger partial charge in [-0.3, -0.25) is 9.59 Å². The molecule has 1 N–H and O–H groups in total. The smallest absolute Gasteiger partial charge is 0.261 e. The molecule has 1 aliphatic carbocycles. The summed E-state index contributed by atoms with van der Waals surface area (Å²) < 4.78 is 5.83. The number of amides is 2. The molecule has 0 unspecified atom stereocenters. The highest BCUT2D eigenvalue weighted by atomic mass is 16.5. The van der Waals surface area contributed by atoms with Crippen LogP contribution in [0, 0.1) is 20.8 Å². The first kappa shape index (κ1) is 23.8. The summed E-state index contributed by atoms with van der Waals surface area (Å²) in [6.07, 6.45) is 5.56. The van der Waals surface area contributed by atoms with Crippen LogP contribution in [0.15, 0.2) is 42.5 Å². The molecule has 0 saturated heterocycles. The summed E-state index contributed by atoms with van der Waals surface area (Å²) in [7, 11) is 0. The van der Waals surface area contributed by atoms with Crippen molar-refractivity contribution in [1.82, 2.24) is 10.2 Å². The van der Waals surface area contributed by atoms with Gasteiger partial charge in [0, 0.05) is 12.6 Å². The van der Waals surface area contributed by atoms with Gasteiger partial charge >= 0.3 is 0 Å². The highest BCUT2D eigenvalue weighted by molar-refractivity contribution is 5.88. The maximum atomic E-state index is 13.2. The Bertz CT molecular complexity index is 914. The Morgan fingerprint density at radius 2 is 1.69 bits per heavy atom. The molecule has 1 saturated carbocycles. The summed E-state index contributed by atoms with van der Waals surface area (Å²) in [6, 6.07) is 13.6. The summed E-state index contributed by atoms with van der Waals surface area (Å²) in [5.74, 6) is 0.381. The molecule has 1 atom stereocenters. The van der Waals surface area contributed by atoms with Gasteiger partial charge in [-0.25, -0.2) is 0 Å². The Morgan fingerprint density at radius 3 is 2.34 bits per heavy atom. The number of hydrogen-bond donors (Lipinski definition) is 1. The van der Waals surface area contributed by atoms with E-state index in [1.807, 2.05) is 58.0 Å². The van der Waals surface area contributed by atoms with Gasteiger partial charge in [0.15, 0.2) is 6.61 Å². The second-order valence-corrected chi connectivity index (χ2v) is 9.14. The van der Waals surface area contributed by atoms with Crippen molar-refractivity contribution >= 4 is 11.8 Å². The molecule has 2 amide bonds. The summed E-state index contributed by atoms with van der Waals surface area (Å²) in [6.45, 7) is 8.11. The second-order valence-electron chi connectivity index (χ2n) is 9.14. The molecule has 0 aromatic heterocycles. The first-order chi connectivity index (χ1) is 15.3. The van der Waals surface area contributed by atoms with Crippen molar-refractivity contribution in [3.05, 3.63) is 64.7 Å². The van der Waals surface area contributed by atoms with E-state index in [-0.39, 0.29) is 24.5 Å². The molecule has 0 aliphatic heterocycles. The van der Waals surface area contributed by atoms with Crippen LogP contribution in [0.1, 0.15) is 61.3 Å². The van der Waals surface area contributed by atoms with Gasteiger partial charge in [-0.05, 0) is 69.4 Å². The summed E-state index contributed by atoms with van der Waals surface area (Å²) in [5, 5.41) is 3.17. The van der Waals surface area contributed by atoms with Gasteiger partial charge in [-0.1, -0.05) is 55.2 Å². The predicted molar refractivity (Wildman–Crippen MR) is 128 cm³/mol. The molecule has 1 aliphatic rings. The number of rotatable bonds is 8. The first-order valence-electron chi connectivity index (χ1n) is 11.7. The fourth-order valence-corrected chi connectivity index (χ4v) is 4.40. The van der Waals surface area contributed by atoms with E-state index >= 15 is 0 Å². The standard InChI is InChI=1S/C27H36N2O3/c1-19-9-8-10-23(14-19)17-29(22(4)27(31)28-24-11-6-5-7-12-24)26(30)18-32-25-15-20(2)13-21(3)16-25/h8-10,13-16,22,24H,5-7,11-12,17-18H2,1-4H3,(H,28,31)/t22-/m0/s1. The van der Waals surface area contributed by atoms with Crippen LogP contribution in [0.4, 0.5) is 0 Å². The van der Waals surface area contributed by atoms with Crippen LogP contribution in [0.5, 0.6) is 5.75 Å². The Kier molecular flexibility index (Phi) is 8.32. The van der Waals surface area contributed by atoms with E-state index in [9.17, 15) is 9.59 Å². The molecule has 2 aromatic carbocycles. The minimum absolute atomic E-state index is 0.0932. The number of aryl methyl sites for hydroxylation is 3. The zero-order chi connectivity index (χ0) is 23.1. The van der Waals surface area contributed by atoms with Crippen molar-refractivity contribution in [3.8, 4) is 5.75 Å². The Balaban J connectivity index is 1.72.